The Morgan fingerprint density at radius 1 is 1.15 bits per heavy atom. The fourth-order valence-corrected chi connectivity index (χ4v) is 4.61. The second kappa shape index (κ2) is 10.3. The highest BCUT2D eigenvalue weighted by molar-refractivity contribution is 8.15. The molecule has 0 bridgehead atoms. The fraction of sp³-hybridized carbons (Fsp3) is 0.200. The largest absolute Gasteiger partial charge is 0.495 e. The van der Waals surface area contributed by atoms with Crippen molar-refractivity contribution in [2.24, 2.45) is 4.99 Å². The maximum atomic E-state index is 13.3. The first-order valence-corrected chi connectivity index (χ1v) is 11.4. The lowest BCUT2D eigenvalue weighted by Crippen LogP contribution is -2.33. The molecular weight excluding hydrogens is 436 g/mol. The lowest BCUT2D eigenvalue weighted by molar-refractivity contribution is -0.128. The minimum Gasteiger partial charge on any atom is -0.495 e. The van der Waals surface area contributed by atoms with Gasteiger partial charge >= 0.3 is 0 Å². The van der Waals surface area contributed by atoms with Gasteiger partial charge in [-0.25, -0.2) is 4.99 Å². The molecule has 8 heteroatoms. The first kappa shape index (κ1) is 22.5. The number of amidine groups is 1. The number of carbonyl (C=O) groups excluding carboxylic acids is 2. The van der Waals surface area contributed by atoms with Crippen molar-refractivity contribution in [1.82, 2.24) is 9.88 Å². The lowest BCUT2D eigenvalue weighted by Gasteiger charge is -2.16. The van der Waals surface area contributed by atoms with Gasteiger partial charge in [-0.15, -0.1) is 0 Å². The van der Waals surface area contributed by atoms with Crippen LogP contribution in [0.25, 0.3) is 0 Å². The third-order valence-corrected chi connectivity index (χ3v) is 6.22. The molecule has 0 spiro atoms. The number of aryl methyl sites for hydroxylation is 1. The highest BCUT2D eigenvalue weighted by Crippen LogP contribution is 2.33. The second-order valence-electron chi connectivity index (χ2n) is 7.54. The van der Waals surface area contributed by atoms with Gasteiger partial charge < -0.3 is 10.1 Å². The molecule has 33 heavy (non-hydrogen) atoms. The SMILES string of the molecule is COc1ccccc1NC(=O)CC1SC(=Nc2cccc(C)c2)N(Cc2ccccn2)C1=O. The Kier molecular flexibility index (Phi) is 7.04. The van der Waals surface area contributed by atoms with Gasteiger partial charge in [0.25, 0.3) is 0 Å². The number of rotatable bonds is 7. The predicted octanol–water partition coefficient (Wildman–Crippen LogP) is 4.56. The highest BCUT2D eigenvalue weighted by atomic mass is 32.2. The number of anilines is 1. The van der Waals surface area contributed by atoms with E-state index < -0.39 is 5.25 Å². The van der Waals surface area contributed by atoms with Gasteiger partial charge in [0.15, 0.2) is 5.17 Å². The smallest absolute Gasteiger partial charge is 0.243 e. The molecule has 1 aromatic heterocycles. The summed E-state index contributed by atoms with van der Waals surface area (Å²) in [7, 11) is 1.55. The molecule has 7 nitrogen and oxygen atoms in total. The highest BCUT2D eigenvalue weighted by Gasteiger charge is 2.39. The summed E-state index contributed by atoms with van der Waals surface area (Å²) in [4.78, 5) is 36.7. The Morgan fingerprint density at radius 3 is 2.73 bits per heavy atom. The van der Waals surface area contributed by atoms with Crippen LogP contribution in [0, 0.1) is 6.92 Å². The van der Waals surface area contributed by atoms with Crippen molar-refractivity contribution in [3.05, 3.63) is 84.2 Å². The zero-order chi connectivity index (χ0) is 23.2. The van der Waals surface area contributed by atoms with Gasteiger partial charge in [-0.3, -0.25) is 19.5 Å². The predicted molar refractivity (Wildman–Crippen MR) is 131 cm³/mol. The van der Waals surface area contributed by atoms with Crippen LogP contribution in [0.3, 0.4) is 0 Å². The molecule has 1 N–H and O–H groups in total. The van der Waals surface area contributed by atoms with E-state index in [4.69, 9.17) is 9.73 Å². The van der Waals surface area contributed by atoms with E-state index in [0.717, 1.165) is 16.9 Å². The number of hydrogen-bond acceptors (Lipinski definition) is 6. The van der Waals surface area contributed by atoms with Gasteiger partial charge in [-0.2, -0.15) is 0 Å². The van der Waals surface area contributed by atoms with Crippen molar-refractivity contribution in [3.8, 4) is 5.75 Å². The molecule has 1 fully saturated rings. The standard InChI is InChI=1S/C25H24N4O3S/c1-17-8-7-10-18(14-17)27-25-29(16-19-9-5-6-13-26-19)24(31)22(33-25)15-23(30)28-20-11-3-4-12-21(20)32-2/h3-14,22H,15-16H2,1-2H3,(H,28,30). The Bertz CT molecular complexity index is 1180. The van der Waals surface area contributed by atoms with Gasteiger partial charge in [0.05, 0.1) is 30.7 Å². The molecule has 0 radical (unpaired) electrons. The van der Waals surface area contributed by atoms with E-state index in [1.807, 2.05) is 61.5 Å². The van der Waals surface area contributed by atoms with Crippen molar-refractivity contribution in [3.63, 3.8) is 0 Å². The average molecular weight is 461 g/mol. The van der Waals surface area contributed by atoms with Crippen LogP contribution in [0.15, 0.2) is 77.9 Å². The monoisotopic (exact) mass is 460 g/mol. The number of para-hydroxylation sites is 2. The zero-order valence-electron chi connectivity index (χ0n) is 18.4. The molecule has 4 rings (SSSR count). The number of aromatic nitrogens is 1. The molecular formula is C25H24N4O3S. The quantitative estimate of drug-likeness (QED) is 0.559. The van der Waals surface area contributed by atoms with Gasteiger partial charge in [-0.1, -0.05) is 42.1 Å². The van der Waals surface area contributed by atoms with Gasteiger partial charge in [0.1, 0.15) is 11.0 Å². The summed E-state index contributed by atoms with van der Waals surface area (Å²) < 4.78 is 5.29. The molecule has 2 amide bonds. The van der Waals surface area contributed by atoms with Gasteiger partial charge in [0.2, 0.25) is 11.8 Å². The number of amides is 2. The minimum absolute atomic E-state index is 0.0209. The molecule has 1 aliphatic heterocycles. The Labute approximate surface area is 196 Å². The topological polar surface area (TPSA) is 83.9 Å². The molecule has 3 aromatic rings. The first-order chi connectivity index (χ1) is 16.0. The Balaban J connectivity index is 1.55. The van der Waals surface area contributed by atoms with Crippen LogP contribution >= 0.6 is 11.8 Å². The van der Waals surface area contributed by atoms with E-state index >= 15 is 0 Å². The summed E-state index contributed by atoms with van der Waals surface area (Å²) >= 11 is 1.30. The molecule has 168 valence electrons. The number of methoxy groups -OCH3 is 1. The van der Waals surface area contributed by atoms with E-state index in [0.29, 0.717) is 23.1 Å². The maximum Gasteiger partial charge on any atom is 0.243 e. The number of aliphatic imine (C=N–C) groups is 1. The molecule has 0 aliphatic carbocycles. The second-order valence-corrected chi connectivity index (χ2v) is 8.71. The molecule has 1 aliphatic rings. The van der Waals surface area contributed by atoms with Crippen LogP contribution in [-0.2, 0) is 16.1 Å². The number of ether oxygens (including phenoxy) is 1. The third kappa shape index (κ3) is 5.59. The van der Waals surface area contributed by atoms with Crippen LogP contribution in [0.2, 0.25) is 0 Å². The number of pyridine rings is 1. The molecule has 1 atom stereocenters. The Morgan fingerprint density at radius 2 is 1.97 bits per heavy atom. The van der Waals surface area contributed by atoms with Crippen LogP contribution in [0.1, 0.15) is 17.7 Å². The maximum absolute atomic E-state index is 13.3. The molecule has 2 heterocycles. The van der Waals surface area contributed by atoms with Crippen LogP contribution in [0.5, 0.6) is 5.75 Å². The van der Waals surface area contributed by atoms with Gasteiger partial charge in [-0.05, 0) is 48.9 Å². The van der Waals surface area contributed by atoms with E-state index in [2.05, 4.69) is 10.3 Å². The van der Waals surface area contributed by atoms with Crippen LogP contribution in [-0.4, -0.2) is 39.2 Å². The van der Waals surface area contributed by atoms with Crippen molar-refractivity contribution in [2.75, 3.05) is 12.4 Å². The molecule has 1 unspecified atom stereocenters. The lowest BCUT2D eigenvalue weighted by atomic mass is 10.2. The van der Waals surface area contributed by atoms with Crippen molar-refractivity contribution in [1.29, 1.82) is 0 Å². The number of hydrogen-bond donors (Lipinski definition) is 1. The normalized spacial score (nSPS) is 16.8. The van der Waals surface area contributed by atoms with E-state index in [1.165, 1.54) is 11.8 Å². The van der Waals surface area contributed by atoms with E-state index in [1.54, 1.807) is 30.3 Å². The van der Waals surface area contributed by atoms with Crippen molar-refractivity contribution >= 4 is 40.1 Å². The number of thioether (sulfide) groups is 1. The summed E-state index contributed by atoms with van der Waals surface area (Å²) in [6, 6.07) is 20.5. The van der Waals surface area contributed by atoms with Crippen molar-refractivity contribution < 1.29 is 14.3 Å². The molecule has 2 aromatic carbocycles. The average Bonchev–Trinajstić information content (AvgIpc) is 3.09. The number of benzene rings is 2. The summed E-state index contributed by atoms with van der Waals surface area (Å²) in [5, 5.41) is 2.83. The summed E-state index contributed by atoms with van der Waals surface area (Å²) in [6.45, 7) is 2.29. The van der Waals surface area contributed by atoms with E-state index in [9.17, 15) is 9.59 Å². The fourth-order valence-electron chi connectivity index (χ4n) is 3.45. The molecule has 1 saturated heterocycles. The number of nitrogens with zero attached hydrogens (tertiary/aromatic N) is 3. The third-order valence-electron chi connectivity index (χ3n) is 5.04. The van der Waals surface area contributed by atoms with Crippen molar-refractivity contribution in [2.45, 2.75) is 25.1 Å². The summed E-state index contributed by atoms with van der Waals surface area (Å²) in [5.74, 6) is 0.141. The number of carbonyl (C=O) groups is 2. The Hall–Kier alpha value is -3.65. The number of nitrogens with one attached hydrogen (secondary N) is 1. The zero-order valence-corrected chi connectivity index (χ0v) is 19.2. The summed E-state index contributed by atoms with van der Waals surface area (Å²) in [5.41, 5.74) is 3.16. The summed E-state index contributed by atoms with van der Waals surface area (Å²) in [6.07, 6.45) is 1.71. The van der Waals surface area contributed by atoms with Crippen LogP contribution < -0.4 is 10.1 Å². The molecule has 0 saturated carbocycles. The van der Waals surface area contributed by atoms with Gasteiger partial charge in [0, 0.05) is 12.6 Å². The minimum atomic E-state index is -0.577. The van der Waals surface area contributed by atoms with E-state index in [-0.39, 0.29) is 18.2 Å². The van der Waals surface area contributed by atoms with Crippen LogP contribution in [0.4, 0.5) is 11.4 Å². The first-order valence-electron chi connectivity index (χ1n) is 10.5.